The van der Waals surface area contributed by atoms with Gasteiger partial charge in [-0.15, -0.1) is 12.4 Å². The molecule has 0 aromatic heterocycles. The van der Waals surface area contributed by atoms with Gasteiger partial charge in [0, 0.05) is 76.3 Å². The van der Waals surface area contributed by atoms with Gasteiger partial charge in [-0.05, 0) is 49.0 Å². The molecule has 0 aliphatic carbocycles. The van der Waals surface area contributed by atoms with Gasteiger partial charge in [0.05, 0.1) is 36.2 Å². The van der Waals surface area contributed by atoms with E-state index in [0.717, 1.165) is 42.3 Å². The van der Waals surface area contributed by atoms with Crippen molar-refractivity contribution in [1.29, 1.82) is 0 Å². The molecule has 0 radical (unpaired) electrons. The van der Waals surface area contributed by atoms with E-state index in [2.05, 4.69) is 27.5 Å². The maximum atomic E-state index is 14.4. The van der Waals surface area contributed by atoms with Crippen LogP contribution in [0, 0.1) is 0 Å². The van der Waals surface area contributed by atoms with Crippen molar-refractivity contribution in [1.82, 2.24) is 20.0 Å². The highest BCUT2D eigenvalue weighted by molar-refractivity contribution is 6.44. The molecule has 4 amide bonds. The van der Waals surface area contributed by atoms with Gasteiger partial charge in [-0.3, -0.25) is 14.5 Å². The molecule has 3 aliphatic heterocycles. The molecule has 12 nitrogen and oxygen atoms in total. The summed E-state index contributed by atoms with van der Waals surface area (Å²) in [6.45, 7) is 6.11. The van der Waals surface area contributed by atoms with Crippen molar-refractivity contribution in [3.05, 3.63) is 89.5 Å². The van der Waals surface area contributed by atoms with Crippen LogP contribution in [0.4, 0.5) is 21.9 Å². The van der Waals surface area contributed by atoms with E-state index >= 15 is 0 Å². The normalized spacial score (nSPS) is 17.6. The molecule has 2 N–H and O–H groups in total. The van der Waals surface area contributed by atoms with Crippen LogP contribution in [0.2, 0.25) is 0 Å². The average molecular weight is 688 g/mol. The summed E-state index contributed by atoms with van der Waals surface area (Å²) in [6, 6.07) is 21.3. The Morgan fingerprint density at radius 3 is 2.20 bits per heavy atom. The first-order valence-electron chi connectivity index (χ1n) is 16.2. The van der Waals surface area contributed by atoms with Gasteiger partial charge < -0.3 is 30.1 Å². The molecule has 3 aliphatic rings. The zero-order valence-corrected chi connectivity index (χ0v) is 28.8. The highest BCUT2D eigenvalue weighted by Crippen LogP contribution is 2.42. The van der Waals surface area contributed by atoms with E-state index < -0.39 is 17.9 Å². The fourth-order valence-electron chi connectivity index (χ4n) is 6.18. The topological polar surface area (TPSA) is 118 Å². The number of benzene rings is 3. The van der Waals surface area contributed by atoms with Crippen molar-refractivity contribution in [3.63, 3.8) is 0 Å². The molecule has 2 saturated heterocycles. The summed E-state index contributed by atoms with van der Waals surface area (Å²) in [6.07, 6.45) is 0. The van der Waals surface area contributed by atoms with E-state index in [1.807, 2.05) is 54.6 Å². The Balaban J connectivity index is 0.00000468. The van der Waals surface area contributed by atoms with Gasteiger partial charge in [-0.2, -0.15) is 0 Å². The summed E-state index contributed by atoms with van der Waals surface area (Å²) in [4.78, 5) is 62.8. The van der Waals surface area contributed by atoms with Gasteiger partial charge >= 0.3 is 12.0 Å². The third-order valence-corrected chi connectivity index (χ3v) is 9.09. The van der Waals surface area contributed by atoms with Crippen molar-refractivity contribution in [2.24, 2.45) is 0 Å². The van der Waals surface area contributed by atoms with Crippen LogP contribution in [-0.4, -0.2) is 119 Å². The van der Waals surface area contributed by atoms with E-state index in [1.54, 1.807) is 35.0 Å². The monoisotopic (exact) mass is 687 g/mol. The number of imide groups is 1. The van der Waals surface area contributed by atoms with Crippen LogP contribution in [0.1, 0.15) is 21.5 Å². The number of esters is 1. The average Bonchev–Trinajstić information content (AvgIpc) is 3.41. The number of urea groups is 1. The minimum Gasteiger partial charge on any atom is -0.465 e. The van der Waals surface area contributed by atoms with E-state index in [-0.39, 0.29) is 23.9 Å². The SMILES string of the molecule is COC(=O)c1ccc2c(c1)N(C(=O)N1CCNCC1)C(=O)/C2=C(\Nc1ccc(N(C)C(=O)CN2CCN(C)CC2)cc1)c1ccccc1.Cl. The van der Waals surface area contributed by atoms with Crippen molar-refractivity contribution >= 4 is 64.6 Å². The van der Waals surface area contributed by atoms with Crippen LogP contribution in [0.3, 0.4) is 0 Å². The Bertz CT molecular complexity index is 1720. The molecule has 0 atom stereocenters. The van der Waals surface area contributed by atoms with Crippen molar-refractivity contribution in [2.75, 3.05) is 95.2 Å². The molecule has 0 unspecified atom stereocenters. The third kappa shape index (κ3) is 7.62. The minimum absolute atomic E-state index is 0. The lowest BCUT2D eigenvalue weighted by atomic mass is 9.99. The lowest BCUT2D eigenvalue weighted by molar-refractivity contribution is -0.119. The predicted octanol–water partition coefficient (Wildman–Crippen LogP) is 3.46. The van der Waals surface area contributed by atoms with Crippen LogP contribution in [0.25, 0.3) is 11.3 Å². The molecule has 3 aromatic carbocycles. The summed E-state index contributed by atoms with van der Waals surface area (Å²) in [7, 11) is 5.16. The Morgan fingerprint density at radius 2 is 1.55 bits per heavy atom. The van der Waals surface area contributed by atoms with Gasteiger partial charge in [0.1, 0.15) is 0 Å². The number of amides is 4. The van der Waals surface area contributed by atoms with Gasteiger partial charge in [-0.25, -0.2) is 14.5 Å². The van der Waals surface area contributed by atoms with Crippen LogP contribution < -0.4 is 20.4 Å². The predicted molar refractivity (Wildman–Crippen MR) is 193 cm³/mol. The van der Waals surface area contributed by atoms with Crippen LogP contribution >= 0.6 is 12.4 Å². The van der Waals surface area contributed by atoms with Crippen LogP contribution in [0.15, 0.2) is 72.8 Å². The maximum absolute atomic E-state index is 14.4. The molecular weight excluding hydrogens is 646 g/mol. The second-order valence-corrected chi connectivity index (χ2v) is 12.2. The fourth-order valence-corrected chi connectivity index (χ4v) is 6.18. The van der Waals surface area contributed by atoms with Crippen molar-refractivity contribution in [2.45, 2.75) is 0 Å². The molecule has 3 heterocycles. The van der Waals surface area contributed by atoms with E-state index in [9.17, 15) is 19.2 Å². The standard InChI is InChI=1S/C36H41N7O5.ClH/c1-39-19-21-41(22-20-39)24-31(44)40(2)28-12-10-27(11-13-28)38-33(25-7-5-4-6-8-25)32-29-14-9-26(35(46)48-3)23-30(29)43(34(32)45)36(47)42-17-15-37-16-18-42;/h4-14,23,37-38H,15-22,24H2,1-3H3;1H/b33-32-;. The second kappa shape index (κ2) is 15.6. The number of methoxy groups -OCH3 is 1. The summed E-state index contributed by atoms with van der Waals surface area (Å²) >= 11 is 0. The largest absolute Gasteiger partial charge is 0.465 e. The number of hydrogen-bond acceptors (Lipinski definition) is 9. The second-order valence-electron chi connectivity index (χ2n) is 12.2. The molecule has 2 fully saturated rings. The van der Waals surface area contributed by atoms with Gasteiger partial charge in [0.15, 0.2) is 0 Å². The highest BCUT2D eigenvalue weighted by atomic mass is 35.5. The number of likely N-dealkylation sites (N-methyl/N-ethyl adjacent to an activating group) is 2. The van der Waals surface area contributed by atoms with Gasteiger partial charge in [-0.1, -0.05) is 36.4 Å². The minimum atomic E-state index is -0.564. The molecule has 258 valence electrons. The van der Waals surface area contributed by atoms with Crippen LogP contribution in [-0.2, 0) is 14.3 Å². The highest BCUT2D eigenvalue weighted by Gasteiger charge is 2.41. The number of piperazine rings is 2. The number of anilines is 3. The lowest BCUT2D eigenvalue weighted by Crippen LogP contribution is -2.52. The van der Waals surface area contributed by atoms with Crippen molar-refractivity contribution < 1.29 is 23.9 Å². The molecule has 49 heavy (non-hydrogen) atoms. The first kappa shape index (κ1) is 35.6. The molecule has 0 saturated carbocycles. The number of nitrogens with zero attached hydrogens (tertiary/aromatic N) is 5. The van der Waals surface area contributed by atoms with E-state index in [0.29, 0.717) is 60.9 Å². The zero-order chi connectivity index (χ0) is 33.8. The first-order chi connectivity index (χ1) is 23.2. The number of halogens is 1. The van der Waals surface area contributed by atoms with Gasteiger partial charge in [0.2, 0.25) is 5.91 Å². The molecular formula is C36H42ClN7O5. The number of fused-ring (bicyclic) bond motifs is 1. The quantitative estimate of drug-likeness (QED) is 0.285. The van der Waals surface area contributed by atoms with Crippen molar-refractivity contribution in [3.8, 4) is 0 Å². The Hall–Kier alpha value is -4.75. The number of rotatable bonds is 7. The summed E-state index contributed by atoms with van der Waals surface area (Å²) in [5.74, 6) is -1.04. The smallest absolute Gasteiger partial charge is 0.337 e. The molecule has 6 rings (SSSR count). The van der Waals surface area contributed by atoms with Gasteiger partial charge in [0.25, 0.3) is 5.91 Å². The summed E-state index contributed by atoms with van der Waals surface area (Å²) in [5.41, 5.74) is 4.08. The lowest BCUT2D eigenvalue weighted by Gasteiger charge is -2.32. The summed E-state index contributed by atoms with van der Waals surface area (Å²) < 4.78 is 4.94. The first-order valence-corrected chi connectivity index (χ1v) is 16.2. The molecule has 3 aromatic rings. The number of carbonyl (C=O) groups is 4. The zero-order valence-electron chi connectivity index (χ0n) is 28.0. The fraction of sp³-hybridized carbons (Fsp3) is 0.333. The number of hydrogen-bond donors (Lipinski definition) is 2. The molecule has 13 heteroatoms. The maximum Gasteiger partial charge on any atom is 0.337 e. The number of nitrogens with one attached hydrogen (secondary N) is 2. The number of ether oxygens (including phenoxy) is 1. The number of carbonyl (C=O) groups excluding carboxylic acids is 4. The van der Waals surface area contributed by atoms with E-state index in [4.69, 9.17) is 4.74 Å². The Morgan fingerprint density at radius 1 is 0.878 bits per heavy atom. The molecule has 0 bridgehead atoms. The van der Waals surface area contributed by atoms with Crippen LogP contribution in [0.5, 0.6) is 0 Å². The molecule has 0 spiro atoms. The third-order valence-electron chi connectivity index (χ3n) is 9.09. The van der Waals surface area contributed by atoms with E-state index in [1.165, 1.54) is 7.11 Å². The Kier molecular flexibility index (Phi) is 11.4. The Labute approximate surface area is 292 Å². The summed E-state index contributed by atoms with van der Waals surface area (Å²) in [5, 5.41) is 6.68.